The normalized spacial score (nSPS) is 30.9. The van der Waals surface area contributed by atoms with Crippen LogP contribution in [0.2, 0.25) is 0 Å². The molecular formula is C18H24N2S. The van der Waals surface area contributed by atoms with Crippen LogP contribution in [-0.2, 0) is 6.54 Å². The van der Waals surface area contributed by atoms with Gasteiger partial charge in [0.05, 0.1) is 0 Å². The first-order valence-corrected chi connectivity index (χ1v) is 8.98. The molecule has 2 atom stereocenters. The zero-order valence-corrected chi connectivity index (χ0v) is 13.7. The van der Waals surface area contributed by atoms with Gasteiger partial charge in [-0.3, -0.25) is 4.90 Å². The Hall–Kier alpha value is -0.900. The molecule has 2 aromatic rings. The third-order valence-corrected chi connectivity index (χ3v) is 6.38. The first-order chi connectivity index (χ1) is 10.2. The number of benzene rings is 1. The van der Waals surface area contributed by atoms with Crippen molar-refractivity contribution in [3.8, 4) is 0 Å². The summed E-state index contributed by atoms with van der Waals surface area (Å²) < 4.78 is 1.42. The molecule has 2 fully saturated rings. The Morgan fingerprint density at radius 2 is 2.14 bits per heavy atom. The van der Waals surface area contributed by atoms with Gasteiger partial charge >= 0.3 is 0 Å². The predicted molar refractivity (Wildman–Crippen MR) is 90.8 cm³/mol. The molecular weight excluding hydrogens is 276 g/mol. The van der Waals surface area contributed by atoms with E-state index in [1.54, 1.807) is 0 Å². The minimum atomic E-state index is 0.332. The highest BCUT2D eigenvalue weighted by molar-refractivity contribution is 7.17. The van der Waals surface area contributed by atoms with E-state index in [1.165, 1.54) is 35.0 Å². The SMILES string of the molecule is CC1CNC(C)(C2CC2)CN1Cc1csc2ccccc12. The van der Waals surface area contributed by atoms with Gasteiger partial charge in [0.1, 0.15) is 0 Å². The molecule has 1 aliphatic carbocycles. The summed E-state index contributed by atoms with van der Waals surface area (Å²) in [5.74, 6) is 0.895. The van der Waals surface area contributed by atoms with Crippen LogP contribution in [0.3, 0.4) is 0 Å². The summed E-state index contributed by atoms with van der Waals surface area (Å²) >= 11 is 1.88. The Labute approximate surface area is 131 Å². The molecule has 1 aromatic carbocycles. The van der Waals surface area contributed by atoms with Gasteiger partial charge in [0.15, 0.2) is 0 Å². The number of nitrogens with one attached hydrogen (secondary N) is 1. The largest absolute Gasteiger partial charge is 0.308 e. The third kappa shape index (κ3) is 2.52. The van der Waals surface area contributed by atoms with Crippen molar-refractivity contribution in [1.29, 1.82) is 0 Å². The molecule has 1 saturated carbocycles. The van der Waals surface area contributed by atoms with Crippen molar-refractivity contribution < 1.29 is 0 Å². The van der Waals surface area contributed by atoms with Crippen molar-refractivity contribution in [1.82, 2.24) is 10.2 Å². The zero-order valence-electron chi connectivity index (χ0n) is 12.9. The van der Waals surface area contributed by atoms with Gasteiger partial charge in [-0.05, 0) is 55.0 Å². The summed E-state index contributed by atoms with van der Waals surface area (Å²) in [6.45, 7) is 8.18. The number of piperazine rings is 1. The fraction of sp³-hybridized carbons (Fsp3) is 0.556. The molecule has 1 saturated heterocycles. The standard InChI is InChI=1S/C18H24N2S/c1-13-9-19-18(2,15-7-8-15)12-20(13)10-14-11-21-17-6-4-3-5-16(14)17/h3-6,11,13,15,19H,7-10,12H2,1-2H3. The monoisotopic (exact) mass is 300 g/mol. The Bertz CT molecular complexity index is 645. The van der Waals surface area contributed by atoms with Crippen molar-refractivity contribution in [3.63, 3.8) is 0 Å². The van der Waals surface area contributed by atoms with Crippen molar-refractivity contribution in [3.05, 3.63) is 35.2 Å². The van der Waals surface area contributed by atoms with E-state index in [0.29, 0.717) is 11.6 Å². The van der Waals surface area contributed by atoms with Crippen LogP contribution < -0.4 is 5.32 Å². The molecule has 2 heterocycles. The van der Waals surface area contributed by atoms with Crippen LogP contribution in [0.4, 0.5) is 0 Å². The molecule has 3 heteroatoms. The number of fused-ring (bicyclic) bond motifs is 1. The van der Waals surface area contributed by atoms with E-state index in [9.17, 15) is 0 Å². The van der Waals surface area contributed by atoms with Crippen molar-refractivity contribution in [2.75, 3.05) is 13.1 Å². The van der Waals surface area contributed by atoms with Crippen molar-refractivity contribution in [2.24, 2.45) is 5.92 Å². The lowest BCUT2D eigenvalue weighted by Gasteiger charge is -2.45. The molecule has 21 heavy (non-hydrogen) atoms. The number of hydrogen-bond acceptors (Lipinski definition) is 3. The maximum absolute atomic E-state index is 3.81. The van der Waals surface area contributed by atoms with Gasteiger partial charge < -0.3 is 5.32 Å². The first kappa shape index (κ1) is 13.7. The van der Waals surface area contributed by atoms with Gasteiger partial charge in [-0.25, -0.2) is 0 Å². The van der Waals surface area contributed by atoms with Gasteiger partial charge in [-0.2, -0.15) is 0 Å². The third-order valence-electron chi connectivity index (χ3n) is 5.37. The molecule has 4 rings (SSSR count). The van der Waals surface area contributed by atoms with Crippen LogP contribution in [0.15, 0.2) is 29.6 Å². The average Bonchev–Trinajstić information content (AvgIpc) is 3.27. The van der Waals surface area contributed by atoms with Gasteiger partial charge in [0, 0.05) is 35.9 Å². The molecule has 0 bridgehead atoms. The fourth-order valence-electron chi connectivity index (χ4n) is 3.72. The smallest absolute Gasteiger partial charge is 0.0346 e. The van der Waals surface area contributed by atoms with E-state index in [1.807, 2.05) is 11.3 Å². The molecule has 0 radical (unpaired) electrons. The molecule has 1 aliphatic heterocycles. The second-order valence-electron chi connectivity index (χ2n) is 7.08. The summed E-state index contributed by atoms with van der Waals surface area (Å²) in [6.07, 6.45) is 2.82. The van der Waals surface area contributed by atoms with E-state index in [4.69, 9.17) is 0 Å². The predicted octanol–water partition coefficient (Wildman–Crippen LogP) is 3.86. The number of thiophene rings is 1. The van der Waals surface area contributed by atoms with Crippen LogP contribution in [0, 0.1) is 5.92 Å². The molecule has 1 aromatic heterocycles. The zero-order chi connectivity index (χ0) is 14.4. The fourth-order valence-corrected chi connectivity index (χ4v) is 4.68. The summed E-state index contributed by atoms with van der Waals surface area (Å²) in [4.78, 5) is 2.68. The molecule has 2 aliphatic rings. The second-order valence-corrected chi connectivity index (χ2v) is 7.99. The van der Waals surface area contributed by atoms with Crippen molar-refractivity contribution >= 4 is 21.4 Å². The summed E-state index contributed by atoms with van der Waals surface area (Å²) in [6, 6.07) is 9.43. The lowest BCUT2D eigenvalue weighted by molar-refractivity contribution is 0.0775. The van der Waals surface area contributed by atoms with E-state index < -0.39 is 0 Å². The van der Waals surface area contributed by atoms with Gasteiger partial charge in [0.25, 0.3) is 0 Å². The van der Waals surface area contributed by atoms with E-state index in [0.717, 1.165) is 19.0 Å². The maximum Gasteiger partial charge on any atom is 0.0346 e. The molecule has 0 spiro atoms. The number of hydrogen-bond donors (Lipinski definition) is 1. The number of rotatable bonds is 3. The Morgan fingerprint density at radius 1 is 1.33 bits per heavy atom. The van der Waals surface area contributed by atoms with Crippen LogP contribution in [0.1, 0.15) is 32.3 Å². The minimum Gasteiger partial charge on any atom is -0.308 e. The second kappa shape index (κ2) is 5.08. The highest BCUT2D eigenvalue weighted by atomic mass is 32.1. The lowest BCUT2D eigenvalue weighted by atomic mass is 9.91. The molecule has 112 valence electrons. The number of nitrogens with zero attached hydrogens (tertiary/aromatic N) is 1. The Morgan fingerprint density at radius 3 is 2.95 bits per heavy atom. The minimum absolute atomic E-state index is 0.332. The summed E-state index contributed by atoms with van der Waals surface area (Å²) in [5, 5.41) is 7.62. The van der Waals surface area contributed by atoms with Crippen LogP contribution in [0.5, 0.6) is 0 Å². The first-order valence-electron chi connectivity index (χ1n) is 8.10. The van der Waals surface area contributed by atoms with Gasteiger partial charge in [-0.15, -0.1) is 11.3 Å². The summed E-state index contributed by atoms with van der Waals surface area (Å²) in [7, 11) is 0. The molecule has 1 N–H and O–H groups in total. The van der Waals surface area contributed by atoms with Crippen LogP contribution in [0.25, 0.3) is 10.1 Å². The van der Waals surface area contributed by atoms with Crippen LogP contribution >= 0.6 is 11.3 Å². The molecule has 0 amide bonds. The van der Waals surface area contributed by atoms with Crippen molar-refractivity contribution in [2.45, 2.75) is 44.8 Å². The Kier molecular flexibility index (Phi) is 3.32. The summed E-state index contributed by atoms with van der Waals surface area (Å²) in [5.41, 5.74) is 1.83. The molecule has 2 unspecified atom stereocenters. The van der Waals surface area contributed by atoms with E-state index >= 15 is 0 Å². The van der Waals surface area contributed by atoms with Gasteiger partial charge in [-0.1, -0.05) is 18.2 Å². The maximum atomic E-state index is 3.81. The van der Waals surface area contributed by atoms with E-state index in [-0.39, 0.29) is 0 Å². The van der Waals surface area contributed by atoms with E-state index in [2.05, 4.69) is 53.7 Å². The highest BCUT2D eigenvalue weighted by Gasteiger charge is 2.45. The Balaban J connectivity index is 1.57. The van der Waals surface area contributed by atoms with Gasteiger partial charge in [0.2, 0.25) is 0 Å². The average molecular weight is 300 g/mol. The topological polar surface area (TPSA) is 15.3 Å². The molecule has 2 nitrogen and oxygen atoms in total. The van der Waals surface area contributed by atoms with Crippen LogP contribution in [-0.4, -0.2) is 29.6 Å². The highest BCUT2D eigenvalue weighted by Crippen LogP contribution is 2.41. The quantitative estimate of drug-likeness (QED) is 0.926. The lowest BCUT2D eigenvalue weighted by Crippen LogP contribution is -2.62.